The summed E-state index contributed by atoms with van der Waals surface area (Å²) >= 11 is 1.55. The van der Waals surface area contributed by atoms with Crippen molar-refractivity contribution in [1.82, 2.24) is 15.5 Å². The fraction of sp³-hybridized carbons (Fsp3) is 0.667. The molecule has 1 rings (SSSR count). The summed E-state index contributed by atoms with van der Waals surface area (Å²) in [5, 5.41) is 16.6. The fourth-order valence-corrected chi connectivity index (χ4v) is 4.15. The molecule has 1 aromatic rings. The molecule has 36 heavy (non-hydrogen) atoms. The Kier molecular flexibility index (Phi) is 11.6. The predicted octanol–water partition coefficient (Wildman–Crippen LogP) is 4.93. The summed E-state index contributed by atoms with van der Waals surface area (Å²) in [6.07, 6.45) is 2.16. The van der Waals surface area contributed by atoms with E-state index in [0.717, 1.165) is 0 Å². The van der Waals surface area contributed by atoms with Gasteiger partial charge in [0.15, 0.2) is 0 Å². The second kappa shape index (κ2) is 13.2. The van der Waals surface area contributed by atoms with Crippen LogP contribution in [0, 0.1) is 6.92 Å². The van der Waals surface area contributed by atoms with Crippen LogP contribution >= 0.6 is 11.8 Å². The van der Waals surface area contributed by atoms with Crippen molar-refractivity contribution >= 4 is 29.7 Å². The Bertz CT molecular complexity index is 908. The molecule has 0 radical (unpaired) electrons. The molecule has 204 valence electrons. The number of phenols is 1. The Morgan fingerprint density at radius 2 is 1.75 bits per heavy atom. The van der Waals surface area contributed by atoms with Gasteiger partial charge in [-0.25, -0.2) is 4.79 Å². The molecule has 8 nitrogen and oxygen atoms in total. The molecule has 0 bridgehead atoms. The second-order valence-corrected chi connectivity index (χ2v) is 12.1. The number of hydrogen-bond acceptors (Lipinski definition) is 6. The van der Waals surface area contributed by atoms with Gasteiger partial charge in [-0.15, -0.1) is 0 Å². The zero-order valence-corrected chi connectivity index (χ0v) is 24.3. The minimum atomic E-state index is -1.09. The Hall–Kier alpha value is -2.42. The first-order chi connectivity index (χ1) is 16.5. The van der Waals surface area contributed by atoms with Crippen LogP contribution in [0.5, 0.6) is 5.75 Å². The number of alkyl carbamates (subject to hydrolysis) is 1. The summed E-state index contributed by atoms with van der Waals surface area (Å²) in [6.45, 7) is 16.4. The van der Waals surface area contributed by atoms with E-state index >= 15 is 0 Å². The number of aryl methyl sites for hydroxylation is 1. The highest BCUT2D eigenvalue weighted by Gasteiger charge is 2.40. The Morgan fingerprint density at radius 3 is 2.25 bits per heavy atom. The third kappa shape index (κ3) is 9.56. The molecule has 3 N–H and O–H groups in total. The van der Waals surface area contributed by atoms with Crippen LogP contribution in [0.1, 0.15) is 85.4 Å². The van der Waals surface area contributed by atoms with E-state index in [1.807, 2.05) is 40.9 Å². The van der Waals surface area contributed by atoms with Gasteiger partial charge in [-0.2, -0.15) is 11.8 Å². The van der Waals surface area contributed by atoms with Gasteiger partial charge in [-0.05, 0) is 85.8 Å². The molecular weight excluding hydrogens is 478 g/mol. The molecule has 3 amide bonds. The number of hydrogen-bond donors (Lipinski definition) is 3. The Labute approximate surface area is 220 Å². The third-order valence-electron chi connectivity index (χ3n) is 5.51. The lowest BCUT2D eigenvalue weighted by atomic mass is 9.96. The van der Waals surface area contributed by atoms with E-state index in [2.05, 4.69) is 10.6 Å². The first kappa shape index (κ1) is 31.6. The maximum atomic E-state index is 14.1. The largest absolute Gasteiger partial charge is 0.507 e. The summed E-state index contributed by atoms with van der Waals surface area (Å²) in [5.41, 5.74) is -0.350. The summed E-state index contributed by atoms with van der Waals surface area (Å²) in [7, 11) is 0. The number of nitrogens with zero attached hydrogens (tertiary/aromatic N) is 1. The minimum absolute atomic E-state index is 0.0339. The lowest BCUT2D eigenvalue weighted by Gasteiger charge is -2.39. The SMILES string of the molecule is CCC(C)N(C(=O)C(CCSC)NC(=O)OC(C)(C)C)C(C(=O)NC(C)(C)C)c1cccc(C)c1O. The molecule has 0 heterocycles. The number of benzene rings is 1. The molecule has 9 heteroatoms. The van der Waals surface area contributed by atoms with Gasteiger partial charge in [-0.1, -0.05) is 25.1 Å². The van der Waals surface area contributed by atoms with Crippen LogP contribution in [0.15, 0.2) is 18.2 Å². The van der Waals surface area contributed by atoms with Gasteiger partial charge in [0.2, 0.25) is 11.8 Å². The lowest BCUT2D eigenvalue weighted by Crippen LogP contribution is -2.57. The van der Waals surface area contributed by atoms with Crippen molar-refractivity contribution in [2.24, 2.45) is 0 Å². The number of para-hydroxylation sites is 1. The monoisotopic (exact) mass is 523 g/mol. The number of amides is 3. The van der Waals surface area contributed by atoms with Gasteiger partial charge in [0.25, 0.3) is 0 Å². The van der Waals surface area contributed by atoms with E-state index in [9.17, 15) is 19.5 Å². The van der Waals surface area contributed by atoms with E-state index in [1.54, 1.807) is 57.7 Å². The zero-order chi connectivity index (χ0) is 27.8. The maximum absolute atomic E-state index is 14.1. The predicted molar refractivity (Wildman–Crippen MR) is 146 cm³/mol. The van der Waals surface area contributed by atoms with Crippen molar-refractivity contribution in [3.8, 4) is 5.75 Å². The van der Waals surface area contributed by atoms with Gasteiger partial charge >= 0.3 is 6.09 Å². The first-order valence-electron chi connectivity index (χ1n) is 12.4. The van der Waals surface area contributed by atoms with Gasteiger partial charge in [-0.3, -0.25) is 9.59 Å². The van der Waals surface area contributed by atoms with E-state index in [-0.39, 0.29) is 11.8 Å². The number of thioether (sulfide) groups is 1. The number of ether oxygens (including phenoxy) is 1. The van der Waals surface area contributed by atoms with Crippen molar-refractivity contribution in [3.63, 3.8) is 0 Å². The van der Waals surface area contributed by atoms with Crippen LogP contribution in [0.3, 0.4) is 0 Å². The molecule has 0 aromatic heterocycles. The number of carbonyl (C=O) groups is 3. The highest BCUT2D eigenvalue weighted by atomic mass is 32.2. The molecule has 0 spiro atoms. The van der Waals surface area contributed by atoms with Crippen molar-refractivity contribution in [3.05, 3.63) is 29.3 Å². The number of aromatic hydroxyl groups is 1. The van der Waals surface area contributed by atoms with Crippen molar-refractivity contribution in [1.29, 1.82) is 0 Å². The highest BCUT2D eigenvalue weighted by molar-refractivity contribution is 7.98. The van der Waals surface area contributed by atoms with Gasteiger partial charge < -0.3 is 25.4 Å². The van der Waals surface area contributed by atoms with Crippen molar-refractivity contribution < 1.29 is 24.2 Å². The number of phenolic OH excluding ortho intramolecular Hbond substituents is 1. The highest BCUT2D eigenvalue weighted by Crippen LogP contribution is 2.34. The molecule has 1 aromatic carbocycles. The lowest BCUT2D eigenvalue weighted by molar-refractivity contribution is -0.145. The molecule has 0 aliphatic heterocycles. The molecule has 0 saturated carbocycles. The zero-order valence-electron chi connectivity index (χ0n) is 23.5. The minimum Gasteiger partial charge on any atom is -0.507 e. The maximum Gasteiger partial charge on any atom is 0.408 e. The number of rotatable bonds is 10. The summed E-state index contributed by atoms with van der Waals surface area (Å²) in [6, 6.07) is 2.81. The van der Waals surface area contributed by atoms with Gasteiger partial charge in [0.05, 0.1) is 0 Å². The quantitative estimate of drug-likeness (QED) is 0.401. The average Bonchev–Trinajstić information content (AvgIpc) is 2.73. The van der Waals surface area contributed by atoms with Crippen LogP contribution in [-0.4, -0.2) is 63.1 Å². The number of carbonyl (C=O) groups excluding carboxylic acids is 3. The summed E-state index contributed by atoms with van der Waals surface area (Å²) in [4.78, 5) is 41.9. The van der Waals surface area contributed by atoms with Crippen molar-refractivity contribution in [2.45, 2.75) is 104 Å². The normalized spacial score (nSPS) is 14.4. The van der Waals surface area contributed by atoms with E-state index in [4.69, 9.17) is 4.74 Å². The standard InChI is InChI=1S/C27H45N3O5S/c1-11-18(3)30(24(33)20(15-16-36-10)28-25(34)35-27(7,8)9)21(23(32)29-26(4,5)6)19-14-12-13-17(2)22(19)31/h12-14,18,20-21,31H,11,15-16H2,1-10H3,(H,28,34)(H,29,32). The molecule has 3 atom stereocenters. The molecule has 0 saturated heterocycles. The smallest absolute Gasteiger partial charge is 0.408 e. The van der Waals surface area contributed by atoms with E-state index in [0.29, 0.717) is 29.7 Å². The van der Waals surface area contributed by atoms with Crippen molar-refractivity contribution in [2.75, 3.05) is 12.0 Å². The molecule has 0 aliphatic rings. The van der Waals surface area contributed by atoms with Crippen LogP contribution in [0.2, 0.25) is 0 Å². The topological polar surface area (TPSA) is 108 Å². The molecular formula is C27H45N3O5S. The summed E-state index contributed by atoms with van der Waals surface area (Å²) in [5.74, 6) is -0.222. The van der Waals surface area contributed by atoms with Gasteiger partial charge in [0.1, 0.15) is 23.4 Å². The first-order valence-corrected chi connectivity index (χ1v) is 13.8. The van der Waals surface area contributed by atoms with Crippen LogP contribution in [0.25, 0.3) is 0 Å². The van der Waals surface area contributed by atoms with Crippen LogP contribution < -0.4 is 10.6 Å². The van der Waals surface area contributed by atoms with Gasteiger partial charge in [0, 0.05) is 17.1 Å². The summed E-state index contributed by atoms with van der Waals surface area (Å²) < 4.78 is 5.41. The molecule has 0 fully saturated rings. The second-order valence-electron chi connectivity index (χ2n) is 11.1. The van der Waals surface area contributed by atoms with Crippen LogP contribution in [0.4, 0.5) is 4.79 Å². The fourth-order valence-electron chi connectivity index (χ4n) is 3.68. The van der Waals surface area contributed by atoms with Crippen LogP contribution in [-0.2, 0) is 14.3 Å². The average molecular weight is 524 g/mol. The Balaban J connectivity index is 3.62. The number of nitrogens with one attached hydrogen (secondary N) is 2. The molecule has 3 unspecified atom stereocenters. The third-order valence-corrected chi connectivity index (χ3v) is 6.15. The Morgan fingerprint density at radius 1 is 1.14 bits per heavy atom. The van der Waals surface area contributed by atoms with E-state index in [1.165, 1.54) is 4.90 Å². The van der Waals surface area contributed by atoms with E-state index < -0.39 is 41.1 Å². The molecule has 0 aliphatic carbocycles.